The van der Waals surface area contributed by atoms with E-state index in [0.29, 0.717) is 36.9 Å². The fourth-order valence-electron chi connectivity index (χ4n) is 2.99. The van der Waals surface area contributed by atoms with Gasteiger partial charge in [-0.2, -0.15) is 5.26 Å². The number of fused-ring (bicyclic) bond motifs is 1. The molecule has 174 valence electrons. The average molecular weight is 462 g/mol. The zero-order chi connectivity index (χ0) is 23.5. The normalized spacial score (nSPS) is 12.7. The van der Waals surface area contributed by atoms with Crippen LogP contribution in [0.4, 0.5) is 9.93 Å². The molecule has 1 aromatic heterocycles. The maximum atomic E-state index is 12.6. The average Bonchev–Trinajstić information content (AvgIpc) is 3.19. The molecule has 2 aromatic rings. The zero-order valence-electron chi connectivity index (χ0n) is 18.8. The largest absolute Gasteiger partial charge is 0.463 e. The van der Waals surface area contributed by atoms with Gasteiger partial charge in [-0.05, 0) is 38.0 Å². The Bertz CT molecular complexity index is 942. The Hall–Kier alpha value is -2.74. The summed E-state index contributed by atoms with van der Waals surface area (Å²) in [5.41, 5.74) is 6.63. The van der Waals surface area contributed by atoms with Gasteiger partial charge in [-0.15, -0.1) is 0 Å². The number of carbonyl (C=O) groups is 2. The lowest BCUT2D eigenvalue weighted by Gasteiger charge is -2.25. The number of urea groups is 1. The molecule has 0 fully saturated rings. The summed E-state index contributed by atoms with van der Waals surface area (Å²) in [5, 5.41) is 12.3. The number of nitrogens with two attached hydrogens (primary N) is 1. The van der Waals surface area contributed by atoms with E-state index in [1.54, 1.807) is 30.1 Å². The zero-order valence-corrected chi connectivity index (χ0v) is 19.6. The highest BCUT2D eigenvalue weighted by Crippen LogP contribution is 2.27. The number of aromatic nitrogens is 1. The van der Waals surface area contributed by atoms with Crippen molar-refractivity contribution in [2.75, 3.05) is 38.7 Å². The topological polar surface area (TPSA) is 131 Å². The molecule has 3 N–H and O–H groups in total. The van der Waals surface area contributed by atoms with E-state index in [1.165, 1.54) is 11.3 Å². The lowest BCUT2D eigenvalue weighted by Crippen LogP contribution is -2.38. The van der Waals surface area contributed by atoms with E-state index in [-0.39, 0.29) is 30.6 Å². The molecule has 0 bridgehead atoms. The number of thiazole rings is 1. The Morgan fingerprint density at radius 1 is 1.28 bits per heavy atom. The molecule has 1 heterocycles. The maximum Gasteiger partial charge on any atom is 0.323 e. The second kappa shape index (κ2) is 13.0. The molecule has 2 unspecified atom stereocenters. The Labute approximate surface area is 192 Å². The quantitative estimate of drug-likeness (QED) is 0.366. The first-order chi connectivity index (χ1) is 15.3. The molecule has 0 aliphatic carbocycles. The van der Waals surface area contributed by atoms with Gasteiger partial charge in [0.25, 0.3) is 0 Å². The Morgan fingerprint density at radius 2 is 2.06 bits per heavy atom. The van der Waals surface area contributed by atoms with Gasteiger partial charge in [0.2, 0.25) is 0 Å². The highest BCUT2D eigenvalue weighted by Gasteiger charge is 2.19. The van der Waals surface area contributed by atoms with E-state index in [4.69, 9.17) is 20.5 Å². The van der Waals surface area contributed by atoms with E-state index in [2.05, 4.69) is 16.4 Å². The first kappa shape index (κ1) is 25.5. The smallest absolute Gasteiger partial charge is 0.323 e. The minimum atomic E-state index is -0.248. The number of ether oxygens (including phenoxy) is 2. The molecular weight excluding hydrogens is 430 g/mol. The van der Waals surface area contributed by atoms with Crippen LogP contribution < -0.4 is 11.1 Å². The summed E-state index contributed by atoms with van der Waals surface area (Å²) in [6.07, 6.45) is 2.23. The van der Waals surface area contributed by atoms with Gasteiger partial charge in [-0.25, -0.2) is 9.78 Å². The fourth-order valence-corrected chi connectivity index (χ4v) is 3.88. The molecule has 10 heteroatoms. The molecule has 2 rings (SSSR count). The van der Waals surface area contributed by atoms with Crippen molar-refractivity contribution >= 4 is 38.7 Å². The van der Waals surface area contributed by atoms with Gasteiger partial charge in [0.15, 0.2) is 5.13 Å². The van der Waals surface area contributed by atoms with Crippen LogP contribution in [0.5, 0.6) is 0 Å². The van der Waals surface area contributed by atoms with Crippen LogP contribution in [-0.2, 0) is 14.3 Å². The number of nitrogens with zero attached hydrogens (tertiary/aromatic N) is 3. The summed E-state index contributed by atoms with van der Waals surface area (Å²) in [6.45, 7) is 5.28. The standard InChI is InChI=1S/C22H31N5O4S/c1-15(20(28)31-12-11-30-10-9-23)5-4-6-16(2)27(3)22(29)26-21-25-18-8-7-17(14-24)13-19(18)32-21/h7-8,13,15-16H,4-6,9-12,23H2,1-3H3,(H,25,26,29). The second-order valence-electron chi connectivity index (χ2n) is 7.60. The van der Waals surface area contributed by atoms with Gasteiger partial charge < -0.3 is 20.1 Å². The van der Waals surface area contributed by atoms with Gasteiger partial charge in [0.1, 0.15) is 6.61 Å². The Balaban J connectivity index is 1.73. The minimum absolute atomic E-state index is 0.0116. The third kappa shape index (κ3) is 7.75. The number of nitrogens with one attached hydrogen (secondary N) is 1. The van der Waals surface area contributed by atoms with Gasteiger partial charge >= 0.3 is 12.0 Å². The van der Waals surface area contributed by atoms with Crippen molar-refractivity contribution < 1.29 is 19.1 Å². The lowest BCUT2D eigenvalue weighted by molar-refractivity contribution is -0.149. The van der Waals surface area contributed by atoms with E-state index >= 15 is 0 Å². The van der Waals surface area contributed by atoms with Crippen molar-refractivity contribution in [3.63, 3.8) is 0 Å². The highest BCUT2D eigenvalue weighted by molar-refractivity contribution is 7.22. The number of benzene rings is 1. The molecule has 0 radical (unpaired) electrons. The predicted molar refractivity (Wildman–Crippen MR) is 124 cm³/mol. The lowest BCUT2D eigenvalue weighted by atomic mass is 10.0. The summed E-state index contributed by atoms with van der Waals surface area (Å²) >= 11 is 1.33. The maximum absolute atomic E-state index is 12.6. The number of anilines is 1. The summed E-state index contributed by atoms with van der Waals surface area (Å²) in [6, 6.07) is 7.07. The van der Waals surface area contributed by atoms with Crippen LogP contribution in [0, 0.1) is 17.2 Å². The molecule has 2 amide bonds. The summed E-state index contributed by atoms with van der Waals surface area (Å²) < 4.78 is 11.2. The van der Waals surface area contributed by atoms with Crippen LogP contribution in [0.2, 0.25) is 0 Å². The number of rotatable bonds is 12. The van der Waals surface area contributed by atoms with E-state index in [0.717, 1.165) is 23.1 Å². The van der Waals surface area contributed by atoms with Crippen molar-refractivity contribution in [2.45, 2.75) is 39.2 Å². The molecule has 0 spiro atoms. The van der Waals surface area contributed by atoms with Gasteiger partial charge in [-0.3, -0.25) is 10.1 Å². The monoisotopic (exact) mass is 461 g/mol. The Kier molecular flexibility index (Phi) is 10.3. The molecule has 0 aliphatic heterocycles. The van der Waals surface area contributed by atoms with Crippen LogP contribution in [0.15, 0.2) is 18.2 Å². The van der Waals surface area contributed by atoms with Crippen molar-refractivity contribution in [1.82, 2.24) is 9.88 Å². The second-order valence-corrected chi connectivity index (χ2v) is 8.63. The number of amides is 2. The van der Waals surface area contributed by atoms with Crippen LogP contribution in [-0.4, -0.2) is 61.3 Å². The number of hydrogen-bond donors (Lipinski definition) is 2. The molecular formula is C22H31N5O4S. The third-order valence-corrected chi connectivity index (χ3v) is 6.04. The number of hydrogen-bond acceptors (Lipinski definition) is 8. The summed E-state index contributed by atoms with van der Waals surface area (Å²) in [5.74, 6) is -0.451. The molecule has 0 saturated heterocycles. The first-order valence-electron chi connectivity index (χ1n) is 10.6. The first-order valence-corrected chi connectivity index (χ1v) is 11.5. The van der Waals surface area contributed by atoms with Crippen molar-refractivity contribution in [2.24, 2.45) is 11.7 Å². The number of esters is 1. The summed E-state index contributed by atoms with van der Waals surface area (Å²) in [7, 11) is 1.74. The number of carbonyl (C=O) groups excluding carboxylic acids is 2. The van der Waals surface area contributed by atoms with E-state index in [1.807, 2.05) is 13.8 Å². The van der Waals surface area contributed by atoms with Crippen molar-refractivity contribution in [3.05, 3.63) is 23.8 Å². The van der Waals surface area contributed by atoms with Crippen molar-refractivity contribution in [1.29, 1.82) is 5.26 Å². The fraction of sp³-hybridized carbons (Fsp3) is 0.545. The molecule has 9 nitrogen and oxygen atoms in total. The highest BCUT2D eigenvalue weighted by atomic mass is 32.1. The van der Waals surface area contributed by atoms with Crippen LogP contribution >= 0.6 is 11.3 Å². The minimum Gasteiger partial charge on any atom is -0.463 e. The molecule has 1 aromatic carbocycles. The molecule has 0 saturated carbocycles. The van der Waals surface area contributed by atoms with Crippen LogP contribution in [0.25, 0.3) is 10.2 Å². The predicted octanol–water partition coefficient (Wildman–Crippen LogP) is 3.35. The van der Waals surface area contributed by atoms with Gasteiger partial charge in [0.05, 0.1) is 41.0 Å². The van der Waals surface area contributed by atoms with E-state index < -0.39 is 0 Å². The van der Waals surface area contributed by atoms with Crippen LogP contribution in [0.1, 0.15) is 38.7 Å². The Morgan fingerprint density at radius 3 is 2.78 bits per heavy atom. The summed E-state index contributed by atoms with van der Waals surface area (Å²) in [4.78, 5) is 30.6. The SMILES string of the molecule is CC(CCCC(C)N(C)C(=O)Nc1nc2ccc(C#N)cc2s1)C(=O)OCCOCCN. The molecule has 2 atom stereocenters. The van der Waals surface area contributed by atoms with Gasteiger partial charge in [0, 0.05) is 19.6 Å². The molecule has 0 aliphatic rings. The molecule has 32 heavy (non-hydrogen) atoms. The third-order valence-electron chi connectivity index (χ3n) is 5.11. The van der Waals surface area contributed by atoms with Gasteiger partial charge in [-0.1, -0.05) is 24.7 Å². The van der Waals surface area contributed by atoms with Crippen molar-refractivity contribution in [3.8, 4) is 6.07 Å². The van der Waals surface area contributed by atoms with Crippen LogP contribution in [0.3, 0.4) is 0 Å². The number of nitriles is 1. The van der Waals surface area contributed by atoms with E-state index in [9.17, 15) is 9.59 Å².